The Morgan fingerprint density at radius 1 is 0.758 bits per heavy atom. The number of nitrogens with one attached hydrogen (secondary N) is 1. The molecule has 0 saturated carbocycles. The molecule has 0 unspecified atom stereocenters. The first-order valence-corrected chi connectivity index (χ1v) is 9.00. The van der Waals surface area contributed by atoms with E-state index in [4.69, 9.17) is 16.9 Å². The molecule has 2 aromatic heterocycles. The smallest absolute Gasteiger partial charge is 0.418 e. The van der Waals surface area contributed by atoms with Crippen LogP contribution in [-0.4, -0.2) is 68.3 Å². The van der Waals surface area contributed by atoms with Crippen molar-refractivity contribution in [1.29, 1.82) is 5.41 Å². The van der Waals surface area contributed by atoms with Gasteiger partial charge < -0.3 is 51.4 Å². The van der Waals surface area contributed by atoms with Crippen LogP contribution in [0.5, 0.6) is 0 Å². The molecule has 0 aliphatic heterocycles. The first-order chi connectivity index (χ1) is 14.8. The van der Waals surface area contributed by atoms with Crippen LogP contribution in [0.2, 0.25) is 0 Å². The summed E-state index contributed by atoms with van der Waals surface area (Å²) in [5, 5.41) is 6.84. The summed E-state index contributed by atoms with van der Waals surface area (Å²) in [5.74, 6) is 0. The Bertz CT molecular complexity index is 631. The van der Waals surface area contributed by atoms with E-state index in [1.165, 1.54) is 6.21 Å². The van der Waals surface area contributed by atoms with Crippen molar-refractivity contribution in [2.24, 2.45) is 11.5 Å². The van der Waals surface area contributed by atoms with E-state index in [-0.39, 0.29) is 19.5 Å². The topological polar surface area (TPSA) is 105 Å². The Labute approximate surface area is 199 Å². The molecule has 0 fully saturated rings. The second kappa shape index (κ2) is 20.6. The molecule has 185 valence electrons. The summed E-state index contributed by atoms with van der Waals surface area (Å²) < 4.78 is 78.0. The van der Waals surface area contributed by atoms with Crippen molar-refractivity contribution < 1.29 is 54.0 Å². The van der Waals surface area contributed by atoms with Gasteiger partial charge >= 0.3 is 34.0 Å². The average molecular weight is 575 g/mol. The van der Waals surface area contributed by atoms with Crippen LogP contribution in [0.3, 0.4) is 0 Å². The SMILES string of the molecule is F[B-](F)(F)F.F[B-](F)(F)F.N=CCN(CCN)CCN.[Ru+5].c1ccc(-c2ccccn2)nc1. The van der Waals surface area contributed by atoms with E-state index in [9.17, 15) is 34.5 Å². The number of nitrogens with zero attached hydrogens (tertiary/aromatic N) is 3. The third-order valence-corrected chi connectivity index (χ3v) is 2.83. The molecular weight excluding hydrogens is 551 g/mol. The summed E-state index contributed by atoms with van der Waals surface area (Å²) >= 11 is 0. The maximum absolute atomic E-state index is 9.75. The van der Waals surface area contributed by atoms with Crippen molar-refractivity contribution in [1.82, 2.24) is 14.9 Å². The van der Waals surface area contributed by atoms with E-state index in [2.05, 4.69) is 9.97 Å². The Morgan fingerprint density at radius 2 is 1.09 bits per heavy atom. The van der Waals surface area contributed by atoms with Crippen molar-refractivity contribution >= 4 is 20.7 Å². The van der Waals surface area contributed by atoms with Gasteiger partial charge in [-0.2, -0.15) is 0 Å². The molecule has 0 bridgehead atoms. The molecule has 2 rings (SSSR count). The van der Waals surface area contributed by atoms with Gasteiger partial charge in [-0.05, 0) is 24.3 Å². The minimum atomic E-state index is -6.00. The number of hydrogen-bond acceptors (Lipinski definition) is 6. The maximum atomic E-state index is 9.75. The fraction of sp³-hybridized carbons (Fsp3) is 0.312. The molecule has 0 aliphatic rings. The van der Waals surface area contributed by atoms with Crippen LogP contribution in [0.1, 0.15) is 0 Å². The van der Waals surface area contributed by atoms with Gasteiger partial charge in [0.05, 0.1) is 11.4 Å². The van der Waals surface area contributed by atoms with Crippen molar-refractivity contribution in [3.8, 4) is 11.4 Å². The van der Waals surface area contributed by atoms with Crippen LogP contribution in [0.15, 0.2) is 48.8 Å². The van der Waals surface area contributed by atoms with E-state index in [1.807, 2.05) is 41.3 Å². The third kappa shape index (κ3) is 32.3. The van der Waals surface area contributed by atoms with E-state index in [1.54, 1.807) is 12.4 Å². The van der Waals surface area contributed by atoms with E-state index in [0.29, 0.717) is 19.6 Å². The molecular formula is C16H24B2F8N6Ru+3. The number of rotatable bonds is 7. The maximum Gasteiger partial charge on any atom is 5.00 e. The summed E-state index contributed by atoms with van der Waals surface area (Å²) in [4.78, 5) is 10.4. The molecule has 2 heterocycles. The fourth-order valence-electron chi connectivity index (χ4n) is 1.82. The van der Waals surface area contributed by atoms with Gasteiger partial charge in [-0.15, -0.1) is 0 Å². The van der Waals surface area contributed by atoms with E-state index < -0.39 is 14.5 Å². The van der Waals surface area contributed by atoms with Crippen LogP contribution >= 0.6 is 0 Å². The standard InChI is InChI=1S/C10H8N2.C6H16N4.2BF4.Ru/c1-3-7-11-9(5-1)10-6-2-4-8-12-10;7-1-4-10(5-2-8)6-3-9;2*2-1(3,4)5;/h1-8H;1,7H,2-6,8-9H2;;;/q;;2*-1;+5. The minimum absolute atomic E-state index is 0. The Balaban J connectivity index is -0.000000389. The van der Waals surface area contributed by atoms with Gasteiger partial charge in [0.2, 0.25) is 0 Å². The number of hydrogen-bond donors (Lipinski definition) is 3. The Hall–Kier alpha value is -1.96. The van der Waals surface area contributed by atoms with Gasteiger partial charge in [0.15, 0.2) is 0 Å². The second-order valence-electron chi connectivity index (χ2n) is 5.50. The monoisotopic (exact) mass is 576 g/mol. The predicted octanol–water partition coefficient (Wildman–Crippen LogP) is 3.60. The molecule has 2 aromatic rings. The van der Waals surface area contributed by atoms with Gasteiger partial charge in [-0.3, -0.25) is 14.9 Å². The molecule has 0 atom stereocenters. The van der Waals surface area contributed by atoms with Gasteiger partial charge in [0, 0.05) is 51.3 Å². The number of halogens is 8. The molecule has 0 amide bonds. The summed E-state index contributed by atoms with van der Waals surface area (Å²) in [5.41, 5.74) is 12.5. The zero-order chi connectivity index (χ0) is 25.0. The van der Waals surface area contributed by atoms with E-state index >= 15 is 0 Å². The number of aromatic nitrogens is 2. The summed E-state index contributed by atoms with van der Waals surface area (Å²) in [6.45, 7) is 3.58. The van der Waals surface area contributed by atoms with Crippen LogP contribution in [0.4, 0.5) is 34.5 Å². The third-order valence-electron chi connectivity index (χ3n) is 2.83. The van der Waals surface area contributed by atoms with Crippen molar-refractivity contribution in [3.05, 3.63) is 48.8 Å². The average Bonchev–Trinajstić information content (AvgIpc) is 2.68. The van der Waals surface area contributed by atoms with Gasteiger partial charge in [-0.1, -0.05) is 12.1 Å². The minimum Gasteiger partial charge on any atom is -0.418 e. The van der Waals surface area contributed by atoms with Crippen LogP contribution in [0, 0.1) is 5.41 Å². The molecule has 6 nitrogen and oxygen atoms in total. The predicted molar refractivity (Wildman–Crippen MR) is 111 cm³/mol. The zero-order valence-corrected chi connectivity index (χ0v) is 19.0. The van der Waals surface area contributed by atoms with Crippen LogP contribution in [0.25, 0.3) is 11.4 Å². The molecule has 0 aromatic carbocycles. The number of nitrogens with two attached hydrogens (primary N) is 2. The quantitative estimate of drug-likeness (QED) is 0.266. The largest absolute Gasteiger partial charge is 5.00 e. The molecule has 1 radical (unpaired) electrons. The number of pyridine rings is 2. The van der Waals surface area contributed by atoms with Gasteiger partial charge in [0.25, 0.3) is 0 Å². The molecule has 0 aliphatic carbocycles. The van der Waals surface area contributed by atoms with Crippen LogP contribution in [-0.2, 0) is 19.5 Å². The molecule has 33 heavy (non-hydrogen) atoms. The normalized spacial score (nSPS) is 10.3. The van der Waals surface area contributed by atoms with E-state index in [0.717, 1.165) is 24.5 Å². The molecule has 0 saturated heterocycles. The zero-order valence-electron chi connectivity index (χ0n) is 17.3. The molecule has 0 spiro atoms. The van der Waals surface area contributed by atoms with Crippen LogP contribution < -0.4 is 11.5 Å². The summed E-state index contributed by atoms with van der Waals surface area (Å²) in [6, 6.07) is 11.6. The van der Waals surface area contributed by atoms with Gasteiger partial charge in [0.1, 0.15) is 0 Å². The van der Waals surface area contributed by atoms with Crippen molar-refractivity contribution in [2.75, 3.05) is 32.7 Å². The second-order valence-corrected chi connectivity index (χ2v) is 5.50. The van der Waals surface area contributed by atoms with Crippen molar-refractivity contribution in [2.45, 2.75) is 0 Å². The first-order valence-electron chi connectivity index (χ1n) is 9.00. The Kier molecular flexibility index (Phi) is 22.3. The summed E-state index contributed by atoms with van der Waals surface area (Å²) in [6.07, 6.45) is 4.90. The molecule has 5 N–H and O–H groups in total. The Morgan fingerprint density at radius 3 is 1.30 bits per heavy atom. The summed E-state index contributed by atoms with van der Waals surface area (Å²) in [7, 11) is -12.0. The first kappa shape index (κ1) is 35.6. The fourth-order valence-corrected chi connectivity index (χ4v) is 1.82. The van der Waals surface area contributed by atoms with Gasteiger partial charge in [-0.25, -0.2) is 0 Å². The molecule has 17 heteroatoms. The van der Waals surface area contributed by atoms with Crippen molar-refractivity contribution in [3.63, 3.8) is 0 Å².